The molecule has 2 aromatic rings. The quantitative estimate of drug-likeness (QED) is 0.376. The number of nitrogens with one attached hydrogen (secondary N) is 1. The summed E-state index contributed by atoms with van der Waals surface area (Å²) in [5.41, 5.74) is 6.31. The van der Waals surface area contributed by atoms with Gasteiger partial charge < -0.3 is 39.3 Å². The van der Waals surface area contributed by atoms with E-state index >= 15 is 0 Å². The molecule has 2 heterocycles. The molecule has 12 nitrogen and oxygen atoms in total. The van der Waals surface area contributed by atoms with E-state index in [-0.39, 0.29) is 41.8 Å². The van der Waals surface area contributed by atoms with Gasteiger partial charge in [0.1, 0.15) is 6.04 Å². The number of rotatable bonds is 11. The van der Waals surface area contributed by atoms with Gasteiger partial charge in [0, 0.05) is 18.5 Å². The summed E-state index contributed by atoms with van der Waals surface area (Å²) in [6, 6.07) is 1.83. The number of benzene rings is 1. The fraction of sp³-hybridized carbons (Fsp3) is 0.556. The maximum absolute atomic E-state index is 13.8. The minimum absolute atomic E-state index is 0.00902. The second-order valence-electron chi connectivity index (χ2n) is 10.3. The van der Waals surface area contributed by atoms with Gasteiger partial charge in [-0.05, 0) is 57.7 Å². The first-order valence-corrected chi connectivity index (χ1v) is 13.3. The largest absolute Gasteiger partial charge is 0.489 e. The number of carbonyl (C=O) groups excluding carboxylic acids is 3. The van der Waals surface area contributed by atoms with Crippen LogP contribution in [0.4, 0.5) is 13.6 Å². The summed E-state index contributed by atoms with van der Waals surface area (Å²) in [5.74, 6) is -0.968. The Bertz CT molecular complexity index is 1260. The van der Waals surface area contributed by atoms with E-state index in [1.807, 2.05) is 0 Å². The lowest BCUT2D eigenvalue weighted by atomic mass is 10.1. The van der Waals surface area contributed by atoms with Crippen LogP contribution in [0.25, 0.3) is 11.5 Å². The SMILES string of the molecule is COC(=O)N[C@@H]1C[C@@H](C(=O)OC(C)C)N(C(=O)c2nc(-c3ccc(OC(F)F)c(OCC4CC4)c3)oc2[C@H](C)N)C1. The van der Waals surface area contributed by atoms with Crippen LogP contribution in [0.3, 0.4) is 0 Å². The van der Waals surface area contributed by atoms with E-state index in [9.17, 15) is 23.2 Å². The summed E-state index contributed by atoms with van der Waals surface area (Å²) < 4.78 is 52.2. The standard InChI is InChI=1S/C27H34F2N4O8/c1-13(2)39-25(35)18-10-17(31-27(36)37-4)11-33(18)24(34)21-22(14(3)30)41-23(32-21)16-7-8-19(40-26(28)29)20(9-16)38-12-15-5-6-15/h7-9,13-15,17-18,26H,5-6,10-12,30H2,1-4H3,(H,31,36)/t14-,17+,18-/m0/s1. The molecule has 0 spiro atoms. The zero-order valence-electron chi connectivity index (χ0n) is 23.2. The van der Waals surface area contributed by atoms with Crippen molar-refractivity contribution in [1.29, 1.82) is 0 Å². The average molecular weight is 581 g/mol. The van der Waals surface area contributed by atoms with Crippen molar-refractivity contribution in [1.82, 2.24) is 15.2 Å². The summed E-state index contributed by atoms with van der Waals surface area (Å²) >= 11 is 0. The van der Waals surface area contributed by atoms with E-state index in [1.165, 1.54) is 30.2 Å². The molecule has 41 heavy (non-hydrogen) atoms. The molecule has 4 rings (SSSR count). The third kappa shape index (κ3) is 7.43. The Morgan fingerprint density at radius 1 is 1.20 bits per heavy atom. The number of esters is 1. The van der Waals surface area contributed by atoms with E-state index in [1.54, 1.807) is 20.8 Å². The number of halogens is 2. The van der Waals surface area contributed by atoms with Gasteiger partial charge in [-0.25, -0.2) is 14.6 Å². The maximum Gasteiger partial charge on any atom is 0.407 e. The van der Waals surface area contributed by atoms with Crippen molar-refractivity contribution in [2.45, 2.75) is 70.9 Å². The molecule has 1 aliphatic heterocycles. The smallest absolute Gasteiger partial charge is 0.407 e. The van der Waals surface area contributed by atoms with Crippen molar-refractivity contribution in [2.24, 2.45) is 11.7 Å². The van der Waals surface area contributed by atoms with Crippen LogP contribution in [0.1, 0.15) is 62.3 Å². The molecule has 1 saturated heterocycles. The van der Waals surface area contributed by atoms with Crippen LogP contribution in [-0.2, 0) is 14.3 Å². The minimum Gasteiger partial charge on any atom is -0.489 e. The van der Waals surface area contributed by atoms with Crippen LogP contribution in [-0.4, -0.2) is 72.9 Å². The summed E-state index contributed by atoms with van der Waals surface area (Å²) in [6.45, 7) is 2.23. The van der Waals surface area contributed by atoms with Gasteiger partial charge in [-0.15, -0.1) is 0 Å². The van der Waals surface area contributed by atoms with E-state index in [0.717, 1.165) is 12.8 Å². The predicted octanol–water partition coefficient (Wildman–Crippen LogP) is 3.64. The average Bonchev–Trinajstić information content (AvgIpc) is 3.46. The van der Waals surface area contributed by atoms with Crippen molar-refractivity contribution in [3.63, 3.8) is 0 Å². The molecular formula is C27H34F2N4O8. The number of carbonyl (C=O) groups is 3. The fourth-order valence-corrected chi connectivity index (χ4v) is 4.42. The van der Waals surface area contributed by atoms with Gasteiger partial charge in [0.15, 0.2) is 23.0 Å². The third-order valence-corrected chi connectivity index (χ3v) is 6.54. The Kier molecular flexibility index (Phi) is 9.31. The fourth-order valence-electron chi connectivity index (χ4n) is 4.42. The van der Waals surface area contributed by atoms with E-state index in [0.29, 0.717) is 18.1 Å². The van der Waals surface area contributed by atoms with Crippen LogP contribution >= 0.6 is 0 Å². The summed E-state index contributed by atoms with van der Waals surface area (Å²) in [6.07, 6.45) is 0.938. The first kappa shape index (κ1) is 30.0. The normalized spacial score (nSPS) is 19.3. The first-order chi connectivity index (χ1) is 19.5. The number of nitrogens with two attached hydrogens (primary N) is 1. The summed E-state index contributed by atoms with van der Waals surface area (Å²) in [7, 11) is 1.21. The molecule has 0 unspecified atom stereocenters. The zero-order chi connectivity index (χ0) is 29.8. The molecular weight excluding hydrogens is 546 g/mol. The Hall–Kier alpha value is -3.94. The van der Waals surface area contributed by atoms with Gasteiger partial charge in [0.25, 0.3) is 5.91 Å². The van der Waals surface area contributed by atoms with Crippen LogP contribution in [0, 0.1) is 5.92 Å². The van der Waals surface area contributed by atoms with Crippen molar-refractivity contribution in [2.75, 3.05) is 20.3 Å². The molecule has 224 valence electrons. The molecule has 0 radical (unpaired) electrons. The zero-order valence-corrected chi connectivity index (χ0v) is 23.2. The Morgan fingerprint density at radius 2 is 1.93 bits per heavy atom. The lowest BCUT2D eigenvalue weighted by Crippen LogP contribution is -2.43. The number of aromatic nitrogens is 1. The molecule has 1 aliphatic carbocycles. The topological polar surface area (TPSA) is 155 Å². The number of methoxy groups -OCH3 is 1. The number of alkyl carbamates (subject to hydrolysis) is 1. The molecule has 3 N–H and O–H groups in total. The number of alkyl halides is 2. The number of oxazole rings is 1. The highest BCUT2D eigenvalue weighted by Gasteiger charge is 2.43. The van der Waals surface area contributed by atoms with Crippen LogP contribution in [0.5, 0.6) is 11.5 Å². The lowest BCUT2D eigenvalue weighted by molar-refractivity contribution is -0.152. The molecule has 1 aromatic heterocycles. The van der Waals surface area contributed by atoms with E-state index in [2.05, 4.69) is 19.8 Å². The molecule has 1 saturated carbocycles. The van der Waals surface area contributed by atoms with E-state index < -0.39 is 48.8 Å². The maximum atomic E-state index is 13.8. The molecule has 3 atom stereocenters. The third-order valence-electron chi connectivity index (χ3n) is 6.54. The van der Waals surface area contributed by atoms with E-state index in [4.69, 9.17) is 19.6 Å². The van der Waals surface area contributed by atoms with Gasteiger partial charge in [-0.2, -0.15) is 8.78 Å². The number of amides is 2. The second kappa shape index (κ2) is 12.7. The lowest BCUT2D eigenvalue weighted by Gasteiger charge is -2.23. The predicted molar refractivity (Wildman–Crippen MR) is 139 cm³/mol. The second-order valence-corrected chi connectivity index (χ2v) is 10.3. The Labute approximate surface area is 235 Å². The van der Waals surface area contributed by atoms with Gasteiger partial charge in [-0.1, -0.05) is 0 Å². The van der Waals surface area contributed by atoms with Crippen molar-refractivity contribution in [3.05, 3.63) is 29.7 Å². The first-order valence-electron chi connectivity index (χ1n) is 13.3. The number of ether oxygens (including phenoxy) is 4. The van der Waals surface area contributed by atoms with Crippen LogP contribution in [0.2, 0.25) is 0 Å². The van der Waals surface area contributed by atoms with Crippen LogP contribution < -0.4 is 20.5 Å². The van der Waals surface area contributed by atoms with Crippen molar-refractivity contribution in [3.8, 4) is 23.0 Å². The number of nitrogens with zero attached hydrogens (tertiary/aromatic N) is 2. The van der Waals surface area contributed by atoms with Gasteiger partial charge in [0.05, 0.1) is 31.9 Å². The molecule has 1 aromatic carbocycles. The van der Waals surface area contributed by atoms with Crippen molar-refractivity contribution < 1.29 is 46.5 Å². The van der Waals surface area contributed by atoms with Gasteiger partial charge in [0.2, 0.25) is 5.89 Å². The monoisotopic (exact) mass is 580 g/mol. The number of hydrogen-bond donors (Lipinski definition) is 2. The molecule has 0 bridgehead atoms. The van der Waals surface area contributed by atoms with Crippen molar-refractivity contribution >= 4 is 18.0 Å². The summed E-state index contributed by atoms with van der Waals surface area (Å²) in [5, 5.41) is 2.61. The number of likely N-dealkylation sites (tertiary alicyclic amines) is 1. The highest BCUT2D eigenvalue weighted by Crippen LogP contribution is 2.37. The van der Waals surface area contributed by atoms with Gasteiger partial charge >= 0.3 is 18.7 Å². The molecule has 2 aliphatic rings. The Morgan fingerprint density at radius 3 is 2.54 bits per heavy atom. The summed E-state index contributed by atoms with van der Waals surface area (Å²) in [4.78, 5) is 44.2. The Balaban J connectivity index is 1.65. The molecule has 2 amide bonds. The molecule has 2 fully saturated rings. The van der Waals surface area contributed by atoms with Gasteiger partial charge in [-0.3, -0.25) is 4.79 Å². The highest BCUT2D eigenvalue weighted by molar-refractivity contribution is 5.97. The number of hydrogen-bond acceptors (Lipinski definition) is 10. The highest BCUT2D eigenvalue weighted by atomic mass is 19.3. The van der Waals surface area contributed by atoms with Crippen LogP contribution in [0.15, 0.2) is 22.6 Å². The minimum atomic E-state index is -3.05. The molecule has 14 heteroatoms.